The van der Waals surface area contributed by atoms with Crippen molar-refractivity contribution in [3.05, 3.63) is 83.1 Å². The maximum atomic E-state index is 13.5. The van der Waals surface area contributed by atoms with Gasteiger partial charge in [0.2, 0.25) is 0 Å². The molecule has 4 aromatic rings. The Labute approximate surface area is 294 Å². The number of amides is 2. The number of aliphatic hydroxyl groups is 1. The zero-order valence-corrected chi connectivity index (χ0v) is 30.2. The number of urea groups is 1. The van der Waals surface area contributed by atoms with Crippen LogP contribution in [0.25, 0.3) is 5.65 Å². The minimum Gasteiger partial charge on any atom is -0.484 e. The number of carbonyl (C=O) groups excluding carboxylic acids is 2. The molecule has 50 heavy (non-hydrogen) atoms. The van der Waals surface area contributed by atoms with E-state index in [9.17, 15) is 14.7 Å². The van der Waals surface area contributed by atoms with Gasteiger partial charge in [-0.1, -0.05) is 65.8 Å². The van der Waals surface area contributed by atoms with Gasteiger partial charge in [0, 0.05) is 41.7 Å². The second-order valence-corrected chi connectivity index (χ2v) is 15.8. The lowest BCUT2D eigenvalue weighted by Crippen LogP contribution is -2.36. The lowest BCUT2D eigenvalue weighted by molar-refractivity contribution is 0.0799. The predicted octanol–water partition coefficient (Wildman–Crippen LogP) is 6.92. The van der Waals surface area contributed by atoms with Crippen molar-refractivity contribution in [3.63, 3.8) is 0 Å². The van der Waals surface area contributed by atoms with Crippen LogP contribution in [0.3, 0.4) is 0 Å². The minimum atomic E-state index is -0.339. The fourth-order valence-electron chi connectivity index (χ4n) is 6.83. The zero-order chi connectivity index (χ0) is 35.6. The van der Waals surface area contributed by atoms with E-state index in [0.717, 1.165) is 72.9 Å². The van der Waals surface area contributed by atoms with Gasteiger partial charge in [0.25, 0.3) is 0 Å². The number of hydrogen-bond donors (Lipinski definition) is 3. The third kappa shape index (κ3) is 8.33. The van der Waals surface area contributed by atoms with Crippen LogP contribution in [0.1, 0.15) is 125 Å². The molecular weight excluding hydrogens is 630 g/mol. The highest BCUT2D eigenvalue weighted by molar-refractivity contribution is 5.97. The first-order chi connectivity index (χ1) is 23.7. The van der Waals surface area contributed by atoms with Crippen LogP contribution >= 0.6 is 0 Å². The summed E-state index contributed by atoms with van der Waals surface area (Å²) in [5.41, 5.74) is 3.99. The Morgan fingerprint density at radius 2 is 1.66 bits per heavy atom. The van der Waals surface area contributed by atoms with Gasteiger partial charge in [-0.15, -0.1) is 10.2 Å². The molecule has 2 amide bonds. The van der Waals surface area contributed by atoms with Crippen molar-refractivity contribution in [1.29, 1.82) is 0 Å². The molecule has 1 aliphatic heterocycles. The Balaban J connectivity index is 1.12. The number of pyridine rings is 2. The number of ether oxygens (including phenoxy) is 1. The summed E-state index contributed by atoms with van der Waals surface area (Å²) < 4.78 is 8.56. The molecule has 4 heterocycles. The molecule has 3 N–H and O–H groups in total. The summed E-state index contributed by atoms with van der Waals surface area (Å²) in [6.45, 7) is 15.0. The summed E-state index contributed by atoms with van der Waals surface area (Å²) in [7, 11) is 0. The summed E-state index contributed by atoms with van der Waals surface area (Å²) in [6, 6.07) is 14.9. The standard InChI is InChI=1S/C39H51N7O4/c1-38(2,3)34-23-25(22-31(41-34)32(48)12-9-19-45-20-17-26(47)18-21-45)40-37(49)42-30-14-15-33(29-11-8-7-10-28(29)30)50-27-13-16-35-43-44-36(39(4,5)6)46(35)24-27/h7-8,10-11,13,16,22-24,26,30,33,47H,9,12,14-15,17-21H2,1-6H3,(H2,40,41,42,49)/t30-,33+/m0/s1. The predicted molar refractivity (Wildman–Crippen MR) is 194 cm³/mol. The third-order valence-electron chi connectivity index (χ3n) is 9.64. The molecule has 2 aliphatic rings. The van der Waals surface area contributed by atoms with E-state index in [1.807, 2.05) is 67.8 Å². The molecule has 1 fully saturated rings. The number of hydrogen-bond acceptors (Lipinski definition) is 8. The molecule has 1 saturated heterocycles. The smallest absolute Gasteiger partial charge is 0.319 e. The van der Waals surface area contributed by atoms with Crippen LogP contribution in [0.15, 0.2) is 54.7 Å². The molecule has 0 spiro atoms. The molecule has 0 unspecified atom stereocenters. The first kappa shape index (κ1) is 35.5. The molecule has 0 radical (unpaired) electrons. The Hall–Kier alpha value is -4.35. The largest absolute Gasteiger partial charge is 0.484 e. The molecule has 266 valence electrons. The summed E-state index contributed by atoms with van der Waals surface area (Å²) in [5, 5.41) is 24.7. The van der Waals surface area contributed by atoms with Crippen molar-refractivity contribution in [2.75, 3.05) is 25.0 Å². The molecule has 6 rings (SSSR count). The SMILES string of the molecule is CC(C)(C)c1cc(NC(=O)N[C@H]2CC[C@@H](Oc3ccc4nnc(C(C)(C)C)n4c3)c3ccccc32)cc(C(=O)CCCN2CCC(O)CC2)n1. The number of aliphatic hydroxyl groups excluding tert-OH is 1. The Kier molecular flexibility index (Phi) is 10.3. The fourth-order valence-corrected chi connectivity index (χ4v) is 6.83. The average Bonchev–Trinajstić information content (AvgIpc) is 3.50. The number of benzene rings is 1. The van der Waals surface area contributed by atoms with E-state index >= 15 is 0 Å². The number of rotatable bonds is 9. The van der Waals surface area contributed by atoms with E-state index < -0.39 is 0 Å². The number of nitrogens with zero attached hydrogens (tertiary/aromatic N) is 5. The molecule has 2 atom stereocenters. The highest BCUT2D eigenvalue weighted by Crippen LogP contribution is 2.39. The highest BCUT2D eigenvalue weighted by Gasteiger charge is 2.30. The minimum absolute atomic E-state index is 0.0399. The molecular formula is C39H51N7O4. The van der Waals surface area contributed by atoms with E-state index in [4.69, 9.17) is 9.72 Å². The van der Waals surface area contributed by atoms with Crippen LogP contribution in [0, 0.1) is 0 Å². The van der Waals surface area contributed by atoms with E-state index in [1.54, 1.807) is 6.07 Å². The molecule has 3 aromatic heterocycles. The molecule has 1 aromatic carbocycles. The zero-order valence-electron chi connectivity index (χ0n) is 30.2. The van der Waals surface area contributed by atoms with Crippen molar-refractivity contribution in [3.8, 4) is 5.75 Å². The maximum absolute atomic E-state index is 13.5. The second kappa shape index (κ2) is 14.5. The van der Waals surface area contributed by atoms with Crippen molar-refractivity contribution in [2.24, 2.45) is 0 Å². The Morgan fingerprint density at radius 3 is 2.38 bits per heavy atom. The highest BCUT2D eigenvalue weighted by atomic mass is 16.5. The van der Waals surface area contributed by atoms with Crippen LogP contribution in [0.2, 0.25) is 0 Å². The van der Waals surface area contributed by atoms with Gasteiger partial charge in [-0.3, -0.25) is 9.20 Å². The lowest BCUT2D eigenvalue weighted by Gasteiger charge is -2.32. The quantitative estimate of drug-likeness (QED) is 0.162. The number of Topliss-reactive ketones (excluding diaryl/α,β-unsaturated/α-hetero) is 1. The second-order valence-electron chi connectivity index (χ2n) is 15.8. The summed E-state index contributed by atoms with van der Waals surface area (Å²) in [6.07, 6.45) is 5.63. The molecule has 0 saturated carbocycles. The van der Waals surface area contributed by atoms with Gasteiger partial charge in [-0.2, -0.15) is 0 Å². The topological polar surface area (TPSA) is 134 Å². The van der Waals surface area contributed by atoms with Gasteiger partial charge < -0.3 is 25.4 Å². The van der Waals surface area contributed by atoms with Crippen molar-refractivity contribution in [1.82, 2.24) is 29.8 Å². The lowest BCUT2D eigenvalue weighted by atomic mass is 9.85. The fraction of sp³-hybridized carbons (Fsp3) is 0.513. The van der Waals surface area contributed by atoms with Crippen molar-refractivity contribution < 1.29 is 19.4 Å². The van der Waals surface area contributed by atoms with Crippen LogP contribution in [0.5, 0.6) is 5.75 Å². The van der Waals surface area contributed by atoms with Crippen LogP contribution in [-0.4, -0.2) is 67.1 Å². The molecule has 11 nitrogen and oxygen atoms in total. The number of anilines is 1. The van der Waals surface area contributed by atoms with Crippen LogP contribution in [-0.2, 0) is 10.8 Å². The monoisotopic (exact) mass is 681 g/mol. The number of aromatic nitrogens is 4. The number of carbonyl (C=O) groups is 2. The van der Waals surface area contributed by atoms with Gasteiger partial charge in [0.1, 0.15) is 23.4 Å². The van der Waals surface area contributed by atoms with Gasteiger partial charge >= 0.3 is 6.03 Å². The first-order valence-corrected chi connectivity index (χ1v) is 17.9. The molecule has 11 heteroatoms. The summed E-state index contributed by atoms with van der Waals surface area (Å²) in [4.78, 5) is 33.8. The van der Waals surface area contributed by atoms with Crippen molar-refractivity contribution >= 4 is 23.1 Å². The number of ketones is 1. The van der Waals surface area contributed by atoms with E-state index in [2.05, 4.69) is 52.6 Å². The number of piperidine rings is 1. The first-order valence-electron chi connectivity index (χ1n) is 17.9. The number of fused-ring (bicyclic) bond motifs is 2. The van der Waals surface area contributed by atoms with E-state index in [1.165, 1.54) is 0 Å². The maximum Gasteiger partial charge on any atom is 0.319 e. The number of likely N-dealkylation sites (tertiary alicyclic amines) is 1. The van der Waals surface area contributed by atoms with Crippen LogP contribution in [0.4, 0.5) is 10.5 Å². The normalized spacial score (nSPS) is 18.9. The summed E-state index contributed by atoms with van der Waals surface area (Å²) in [5.74, 6) is 1.56. The molecule has 0 bridgehead atoms. The Morgan fingerprint density at radius 1 is 0.920 bits per heavy atom. The molecule has 1 aliphatic carbocycles. The van der Waals surface area contributed by atoms with E-state index in [-0.39, 0.29) is 40.9 Å². The average molecular weight is 682 g/mol. The number of nitrogens with one attached hydrogen (secondary N) is 2. The van der Waals surface area contributed by atoms with Gasteiger partial charge in [0.15, 0.2) is 11.4 Å². The van der Waals surface area contributed by atoms with Gasteiger partial charge in [-0.25, -0.2) is 9.78 Å². The van der Waals surface area contributed by atoms with Gasteiger partial charge in [-0.05, 0) is 74.0 Å². The third-order valence-corrected chi connectivity index (χ3v) is 9.64. The summed E-state index contributed by atoms with van der Waals surface area (Å²) >= 11 is 0. The van der Waals surface area contributed by atoms with Gasteiger partial charge in [0.05, 0.1) is 18.3 Å². The van der Waals surface area contributed by atoms with Crippen molar-refractivity contribution in [2.45, 2.75) is 109 Å². The van der Waals surface area contributed by atoms with E-state index in [0.29, 0.717) is 30.6 Å². The van der Waals surface area contributed by atoms with Crippen LogP contribution < -0.4 is 15.4 Å². The Bertz CT molecular complexity index is 1830.